The highest BCUT2D eigenvalue weighted by Gasteiger charge is 2.31. The molecule has 0 spiro atoms. The SMILES string of the molecule is Cc1c(Br)cccc1N(C(=O)OC(C)(C)C)c1nc(C(F)F)nc2cc(CN(C)C3CCC(CC(=O)O)CC3)cnc12. The molecule has 3 aromatic rings. The van der Waals surface area contributed by atoms with Gasteiger partial charge in [0.25, 0.3) is 6.43 Å². The normalized spacial score (nSPS) is 17.6. The van der Waals surface area contributed by atoms with E-state index in [0.29, 0.717) is 17.8 Å². The van der Waals surface area contributed by atoms with E-state index in [-0.39, 0.29) is 35.2 Å². The molecule has 0 saturated heterocycles. The summed E-state index contributed by atoms with van der Waals surface area (Å²) in [5.74, 6) is -1.39. The summed E-state index contributed by atoms with van der Waals surface area (Å²) in [5, 5.41) is 9.09. The van der Waals surface area contributed by atoms with Crippen LogP contribution in [0.1, 0.15) is 76.3 Å². The van der Waals surface area contributed by atoms with E-state index in [1.54, 1.807) is 52.1 Å². The number of carbonyl (C=O) groups is 2. The molecule has 1 aliphatic rings. The Morgan fingerprint density at radius 2 is 1.86 bits per heavy atom. The second kappa shape index (κ2) is 12.9. The molecule has 2 aromatic heterocycles. The number of aromatic nitrogens is 3. The molecule has 1 aliphatic carbocycles. The Hall–Kier alpha value is -3.25. The van der Waals surface area contributed by atoms with Crippen LogP contribution >= 0.6 is 15.9 Å². The number of carbonyl (C=O) groups excluding carboxylic acids is 1. The summed E-state index contributed by atoms with van der Waals surface area (Å²) in [4.78, 5) is 40.8. The Labute approximate surface area is 252 Å². The van der Waals surface area contributed by atoms with Gasteiger partial charge in [0.15, 0.2) is 11.6 Å². The topological polar surface area (TPSA) is 109 Å². The van der Waals surface area contributed by atoms with Gasteiger partial charge in [-0.15, -0.1) is 0 Å². The highest BCUT2D eigenvalue weighted by molar-refractivity contribution is 9.10. The number of benzene rings is 1. The second-order valence-electron chi connectivity index (χ2n) is 11.8. The molecule has 0 atom stereocenters. The van der Waals surface area contributed by atoms with Crippen LogP contribution in [0.25, 0.3) is 11.0 Å². The van der Waals surface area contributed by atoms with E-state index in [0.717, 1.165) is 35.7 Å². The third kappa shape index (κ3) is 7.57. The first-order valence-corrected chi connectivity index (χ1v) is 14.7. The molecule has 1 saturated carbocycles. The van der Waals surface area contributed by atoms with Crippen LogP contribution in [0.3, 0.4) is 0 Å². The van der Waals surface area contributed by atoms with Crippen LogP contribution in [0.2, 0.25) is 0 Å². The lowest BCUT2D eigenvalue weighted by Crippen LogP contribution is -2.35. The van der Waals surface area contributed by atoms with Gasteiger partial charge in [-0.05, 0) is 95.7 Å². The van der Waals surface area contributed by atoms with Gasteiger partial charge < -0.3 is 9.84 Å². The maximum atomic E-state index is 14.1. The molecule has 4 rings (SSSR count). The number of pyridine rings is 1. The molecule has 1 amide bonds. The fourth-order valence-corrected chi connectivity index (χ4v) is 5.66. The number of rotatable bonds is 8. The van der Waals surface area contributed by atoms with Crippen molar-refractivity contribution < 1.29 is 28.2 Å². The van der Waals surface area contributed by atoms with Crippen LogP contribution in [-0.2, 0) is 16.1 Å². The maximum absolute atomic E-state index is 14.1. The van der Waals surface area contributed by atoms with Crippen LogP contribution < -0.4 is 4.90 Å². The Bertz CT molecular complexity index is 1460. The monoisotopic (exact) mass is 647 g/mol. The Balaban J connectivity index is 1.72. The molecule has 9 nitrogen and oxygen atoms in total. The van der Waals surface area contributed by atoms with Crippen LogP contribution in [0.4, 0.5) is 25.1 Å². The van der Waals surface area contributed by atoms with E-state index < -0.39 is 29.9 Å². The van der Waals surface area contributed by atoms with Crippen LogP contribution in [0, 0.1) is 12.8 Å². The number of carboxylic acids is 1. The standard InChI is InChI=1S/C30H36BrF2N5O4/c1-17-21(31)7-6-8-23(17)38(29(41)42-30(2,3)4)28-25-22(35-27(36-28)26(32)33)13-19(15-34-25)16-37(5)20-11-9-18(10-12-20)14-24(39)40/h6-8,13,15,18,20,26H,9-12,14,16H2,1-5H3,(H,39,40). The zero-order chi connectivity index (χ0) is 30.8. The lowest BCUT2D eigenvalue weighted by molar-refractivity contribution is -0.138. The average molecular weight is 649 g/mol. The molecule has 0 radical (unpaired) electrons. The van der Waals surface area contributed by atoms with Gasteiger partial charge in [-0.1, -0.05) is 22.0 Å². The number of carboxylic acid groups (broad SMARTS) is 1. The Morgan fingerprint density at radius 3 is 2.48 bits per heavy atom. The Morgan fingerprint density at radius 1 is 1.17 bits per heavy atom. The number of alkyl halides is 2. The van der Waals surface area contributed by atoms with E-state index in [1.807, 2.05) is 13.1 Å². The van der Waals surface area contributed by atoms with Crippen molar-refractivity contribution in [2.45, 2.75) is 84.4 Å². The number of halogens is 3. The molecule has 1 N–H and O–H groups in total. The highest BCUT2D eigenvalue weighted by Crippen LogP contribution is 2.37. The van der Waals surface area contributed by atoms with E-state index in [2.05, 4.69) is 35.8 Å². The maximum Gasteiger partial charge on any atom is 0.420 e. The molecule has 0 bridgehead atoms. The molecule has 12 heteroatoms. The van der Waals surface area contributed by atoms with Crippen molar-refractivity contribution in [2.75, 3.05) is 11.9 Å². The van der Waals surface area contributed by atoms with E-state index in [4.69, 9.17) is 9.84 Å². The van der Waals surface area contributed by atoms with Crippen molar-refractivity contribution in [2.24, 2.45) is 5.92 Å². The van der Waals surface area contributed by atoms with Crippen molar-refractivity contribution in [1.29, 1.82) is 0 Å². The van der Waals surface area contributed by atoms with E-state index in [9.17, 15) is 18.4 Å². The lowest BCUT2D eigenvalue weighted by atomic mass is 9.83. The van der Waals surface area contributed by atoms with Gasteiger partial charge in [-0.2, -0.15) is 0 Å². The number of ether oxygens (including phenoxy) is 1. The number of anilines is 2. The first kappa shape index (κ1) is 31.7. The van der Waals surface area contributed by atoms with Gasteiger partial charge in [-0.3, -0.25) is 14.7 Å². The number of fused-ring (bicyclic) bond motifs is 1. The lowest BCUT2D eigenvalue weighted by Gasteiger charge is -2.34. The van der Waals surface area contributed by atoms with Crippen LogP contribution in [-0.4, -0.2) is 55.7 Å². The van der Waals surface area contributed by atoms with Gasteiger partial charge in [0, 0.05) is 29.7 Å². The van der Waals surface area contributed by atoms with Gasteiger partial charge in [0.05, 0.1) is 11.2 Å². The predicted octanol–water partition coefficient (Wildman–Crippen LogP) is 7.57. The summed E-state index contributed by atoms with van der Waals surface area (Å²) in [6.45, 7) is 7.46. The minimum Gasteiger partial charge on any atom is -0.481 e. The van der Waals surface area contributed by atoms with Gasteiger partial charge in [-0.25, -0.2) is 28.4 Å². The fourth-order valence-electron chi connectivity index (χ4n) is 5.30. The van der Waals surface area contributed by atoms with Crippen molar-refractivity contribution >= 4 is 50.5 Å². The third-order valence-electron chi connectivity index (χ3n) is 7.39. The zero-order valence-corrected chi connectivity index (χ0v) is 26.0. The van der Waals surface area contributed by atoms with E-state index >= 15 is 0 Å². The van der Waals surface area contributed by atoms with E-state index in [1.165, 1.54) is 4.90 Å². The summed E-state index contributed by atoms with van der Waals surface area (Å²) in [5.41, 5.74) is 1.37. The molecular weight excluding hydrogens is 612 g/mol. The van der Waals surface area contributed by atoms with Crippen LogP contribution in [0.5, 0.6) is 0 Å². The zero-order valence-electron chi connectivity index (χ0n) is 24.4. The number of hydrogen-bond acceptors (Lipinski definition) is 7. The second-order valence-corrected chi connectivity index (χ2v) is 12.7. The van der Waals surface area contributed by atoms with Crippen LogP contribution in [0.15, 0.2) is 34.9 Å². The number of aliphatic carboxylic acids is 1. The average Bonchev–Trinajstić information content (AvgIpc) is 2.90. The van der Waals surface area contributed by atoms with Gasteiger partial charge in [0.2, 0.25) is 0 Å². The highest BCUT2D eigenvalue weighted by atomic mass is 79.9. The summed E-state index contributed by atoms with van der Waals surface area (Å²) in [7, 11) is 1.99. The molecular formula is C30H36BrF2N5O4. The quantitative estimate of drug-likeness (QED) is 0.267. The molecule has 0 aliphatic heterocycles. The smallest absolute Gasteiger partial charge is 0.420 e. The molecule has 226 valence electrons. The van der Waals surface area contributed by atoms with Gasteiger partial charge in [0.1, 0.15) is 11.1 Å². The molecule has 42 heavy (non-hydrogen) atoms. The molecule has 2 heterocycles. The van der Waals surface area contributed by atoms with Crippen molar-refractivity contribution in [3.05, 3.63) is 51.9 Å². The molecule has 0 unspecified atom stereocenters. The predicted molar refractivity (Wildman–Crippen MR) is 159 cm³/mol. The summed E-state index contributed by atoms with van der Waals surface area (Å²) < 4.78 is 34.6. The minimum absolute atomic E-state index is 0.0950. The summed E-state index contributed by atoms with van der Waals surface area (Å²) in [6.07, 6.45) is 1.53. The van der Waals surface area contributed by atoms with Crippen molar-refractivity contribution in [1.82, 2.24) is 19.9 Å². The van der Waals surface area contributed by atoms with Gasteiger partial charge >= 0.3 is 12.1 Å². The van der Waals surface area contributed by atoms with Crippen molar-refractivity contribution in [3.63, 3.8) is 0 Å². The Kier molecular flexibility index (Phi) is 9.77. The molecule has 1 fully saturated rings. The third-order valence-corrected chi connectivity index (χ3v) is 8.25. The van der Waals surface area contributed by atoms with Crippen molar-refractivity contribution in [3.8, 4) is 0 Å². The fraction of sp³-hybridized carbons (Fsp3) is 0.500. The first-order chi connectivity index (χ1) is 19.7. The summed E-state index contributed by atoms with van der Waals surface area (Å²) in [6, 6.07) is 7.21. The largest absolute Gasteiger partial charge is 0.481 e. The number of nitrogens with zero attached hydrogens (tertiary/aromatic N) is 5. The summed E-state index contributed by atoms with van der Waals surface area (Å²) >= 11 is 3.49. The number of hydrogen-bond donors (Lipinski definition) is 1. The molecule has 1 aromatic carbocycles. The first-order valence-electron chi connectivity index (χ1n) is 13.9. The number of amides is 1. The minimum atomic E-state index is -2.98.